The molecule has 0 amide bonds. The molecule has 0 aliphatic carbocycles. The van der Waals surface area contributed by atoms with Crippen LogP contribution in [0.4, 0.5) is 0 Å². The fraction of sp³-hybridized carbons (Fsp3) is 0.875. The Morgan fingerprint density at radius 1 is 1.00 bits per heavy atom. The third-order valence-corrected chi connectivity index (χ3v) is 10.3. The van der Waals surface area contributed by atoms with Crippen LogP contribution in [-0.4, -0.2) is 93.9 Å². The second kappa shape index (κ2) is 14.9. The van der Waals surface area contributed by atoms with Gasteiger partial charge in [-0.15, -0.1) is 0 Å². The van der Waals surface area contributed by atoms with Gasteiger partial charge in [-0.25, -0.2) is 0 Å². The van der Waals surface area contributed by atoms with Crippen molar-refractivity contribution in [2.75, 3.05) is 61.4 Å². The number of allylic oxidation sites excluding steroid dienone is 1. The number of hydrogen-bond acceptors (Lipinski definition) is 7. The minimum absolute atomic E-state index is 0.693. The molecule has 0 fully saturated rings. The van der Waals surface area contributed by atoms with Crippen LogP contribution in [0.25, 0.3) is 0 Å². The van der Waals surface area contributed by atoms with Gasteiger partial charge in [-0.1, -0.05) is 5.20 Å². The van der Waals surface area contributed by atoms with Crippen molar-refractivity contribution >= 4 is 27.6 Å². The summed E-state index contributed by atoms with van der Waals surface area (Å²) in [5, 5.41) is 6.11. The average molecular weight is 422 g/mol. The molecule has 0 heterocycles. The predicted octanol–water partition coefficient (Wildman–Crippen LogP) is 1.40. The quantitative estimate of drug-likeness (QED) is 0.298. The molecule has 0 bridgehead atoms. The summed E-state index contributed by atoms with van der Waals surface area (Å²) in [4.78, 5) is 2.35. The molecule has 3 radical (unpaired) electrons. The second-order valence-electron chi connectivity index (χ2n) is 5.59. The van der Waals surface area contributed by atoms with Gasteiger partial charge in [0.05, 0.1) is 14.8 Å². The van der Waals surface area contributed by atoms with Crippen molar-refractivity contribution in [3.05, 3.63) is 10.5 Å². The van der Waals surface area contributed by atoms with Crippen molar-refractivity contribution in [3.63, 3.8) is 0 Å². The van der Waals surface area contributed by atoms with Crippen LogP contribution >= 0.6 is 0 Å². The zero-order chi connectivity index (χ0) is 20.0. The molecule has 0 aliphatic rings. The van der Waals surface area contributed by atoms with Crippen molar-refractivity contribution in [2.45, 2.75) is 33.2 Å². The summed E-state index contributed by atoms with van der Waals surface area (Å²) in [6.45, 7) is 9.35. The highest BCUT2D eigenvalue weighted by molar-refractivity contribution is 6.60. The van der Waals surface area contributed by atoms with E-state index in [0.717, 1.165) is 38.3 Å². The molecule has 1 N–H and O–H groups in total. The van der Waals surface area contributed by atoms with E-state index < -0.39 is 18.1 Å². The number of hydrogen-bond donors (Lipinski definition) is 1. The minimum Gasteiger partial charge on any atom is -0.392 e. The van der Waals surface area contributed by atoms with Crippen molar-refractivity contribution in [1.82, 2.24) is 10.2 Å². The maximum Gasteiger partial charge on any atom is 0.500 e. The Balaban J connectivity index is 4.58. The first-order chi connectivity index (χ1) is 12.5. The third kappa shape index (κ3) is 8.32. The van der Waals surface area contributed by atoms with E-state index in [2.05, 4.69) is 31.0 Å². The molecule has 0 aromatic rings. The first-order valence-electron chi connectivity index (χ1n) is 9.00. The van der Waals surface area contributed by atoms with E-state index in [1.807, 2.05) is 0 Å². The normalized spacial score (nSPS) is 13.3. The van der Waals surface area contributed by atoms with Crippen LogP contribution in [-0.2, 0) is 22.1 Å². The molecule has 0 aromatic carbocycles. The van der Waals surface area contributed by atoms with E-state index in [4.69, 9.17) is 22.1 Å². The highest BCUT2D eigenvalue weighted by Crippen LogP contribution is 2.15. The summed E-state index contributed by atoms with van der Waals surface area (Å²) in [5.41, 5.74) is 0. The molecule has 153 valence electrons. The van der Waals surface area contributed by atoms with Gasteiger partial charge < -0.3 is 32.3 Å². The lowest BCUT2D eigenvalue weighted by Crippen LogP contribution is -2.43. The zero-order valence-electron chi connectivity index (χ0n) is 17.7. The molecule has 0 spiro atoms. The monoisotopic (exact) mass is 421 g/mol. The third-order valence-electron chi connectivity index (χ3n) is 4.25. The molecule has 0 saturated heterocycles. The molecule has 10 heteroatoms. The van der Waals surface area contributed by atoms with Crippen LogP contribution in [0, 0.1) is 0 Å². The van der Waals surface area contributed by atoms with Crippen molar-refractivity contribution < 1.29 is 22.1 Å². The molecule has 0 rings (SSSR count). The fourth-order valence-corrected chi connectivity index (χ4v) is 7.31. The molecule has 7 nitrogen and oxygen atoms in total. The number of nitrogens with one attached hydrogen (secondary N) is 1. The Hall–Kier alpha value is -0.0494. The maximum atomic E-state index is 5.61. The lowest BCUT2D eigenvalue weighted by molar-refractivity contribution is 0.123. The minimum atomic E-state index is -2.45. The first-order valence-corrected chi connectivity index (χ1v) is 13.5. The average Bonchev–Trinajstić information content (AvgIpc) is 2.68. The SMILES string of the molecule is CCN(CC)C(=C(C)[Si]CNCCC[Si](OC)(OC)OC)[Si](OC)OC. The van der Waals surface area contributed by atoms with E-state index in [9.17, 15) is 0 Å². The highest BCUT2D eigenvalue weighted by atomic mass is 28.4. The fourth-order valence-electron chi connectivity index (χ4n) is 2.69. The molecule has 0 aliphatic heterocycles. The lowest BCUT2D eigenvalue weighted by Gasteiger charge is -2.29. The van der Waals surface area contributed by atoms with Gasteiger partial charge in [0, 0.05) is 54.7 Å². The summed E-state index contributed by atoms with van der Waals surface area (Å²) >= 11 is 0. The maximum absolute atomic E-state index is 5.61. The van der Waals surface area contributed by atoms with Gasteiger partial charge in [-0.2, -0.15) is 0 Å². The topological polar surface area (TPSA) is 61.4 Å². The molecule has 0 aromatic heterocycles. The number of rotatable bonds is 16. The summed E-state index contributed by atoms with van der Waals surface area (Å²) < 4.78 is 27.6. The Bertz CT molecular complexity index is 368. The molecular weight excluding hydrogens is 384 g/mol. The lowest BCUT2D eigenvalue weighted by atomic mass is 10.5. The molecule has 26 heavy (non-hydrogen) atoms. The van der Waals surface area contributed by atoms with E-state index in [-0.39, 0.29) is 0 Å². The van der Waals surface area contributed by atoms with Gasteiger partial charge in [0.25, 0.3) is 0 Å². The largest absolute Gasteiger partial charge is 0.500 e. The first kappa shape index (κ1) is 26.0. The summed E-state index contributed by atoms with van der Waals surface area (Å²) in [5.74, 6) is 0. The summed E-state index contributed by atoms with van der Waals surface area (Å²) in [6.07, 6.45) is 1.91. The van der Waals surface area contributed by atoms with Crippen LogP contribution < -0.4 is 5.32 Å². The van der Waals surface area contributed by atoms with Crippen LogP contribution in [0.5, 0.6) is 0 Å². The smallest absolute Gasteiger partial charge is 0.392 e. The van der Waals surface area contributed by atoms with E-state index in [1.165, 1.54) is 10.5 Å². The van der Waals surface area contributed by atoms with Crippen LogP contribution in [0.15, 0.2) is 10.5 Å². The highest BCUT2D eigenvalue weighted by Gasteiger charge is 2.36. The van der Waals surface area contributed by atoms with Gasteiger partial charge in [0.1, 0.15) is 0 Å². The zero-order valence-corrected chi connectivity index (χ0v) is 20.7. The predicted molar refractivity (Wildman–Crippen MR) is 110 cm³/mol. The Morgan fingerprint density at radius 2 is 1.54 bits per heavy atom. The Kier molecular flexibility index (Phi) is 14.9. The van der Waals surface area contributed by atoms with Crippen LogP contribution in [0.2, 0.25) is 6.04 Å². The number of nitrogens with zero attached hydrogens (tertiary/aromatic N) is 1. The molecular formula is C16H37N2O5Si3. The van der Waals surface area contributed by atoms with Gasteiger partial charge in [-0.3, -0.25) is 0 Å². The van der Waals surface area contributed by atoms with Crippen molar-refractivity contribution in [3.8, 4) is 0 Å². The van der Waals surface area contributed by atoms with Crippen LogP contribution in [0.1, 0.15) is 27.2 Å². The van der Waals surface area contributed by atoms with Gasteiger partial charge in [0.15, 0.2) is 0 Å². The van der Waals surface area contributed by atoms with E-state index in [1.54, 1.807) is 35.5 Å². The van der Waals surface area contributed by atoms with Gasteiger partial charge >= 0.3 is 18.1 Å². The molecule has 0 atom stereocenters. The van der Waals surface area contributed by atoms with Crippen molar-refractivity contribution in [1.29, 1.82) is 0 Å². The second-order valence-corrected chi connectivity index (χ2v) is 12.0. The van der Waals surface area contributed by atoms with Crippen LogP contribution in [0.3, 0.4) is 0 Å². The van der Waals surface area contributed by atoms with E-state index in [0.29, 0.717) is 9.52 Å². The Morgan fingerprint density at radius 3 is 1.96 bits per heavy atom. The van der Waals surface area contributed by atoms with Gasteiger partial charge in [0.2, 0.25) is 0 Å². The Labute approximate surface area is 165 Å². The molecule has 0 saturated carbocycles. The molecule has 0 unspecified atom stereocenters. The van der Waals surface area contributed by atoms with Gasteiger partial charge in [-0.05, 0) is 39.9 Å². The summed E-state index contributed by atoms with van der Waals surface area (Å²) in [7, 11) is 5.25. The van der Waals surface area contributed by atoms with E-state index >= 15 is 0 Å². The van der Waals surface area contributed by atoms with Crippen molar-refractivity contribution in [2.24, 2.45) is 0 Å². The standard InChI is InChI=1S/C16H37N2O5Si3/c1-9-18(10-2)16(25(19-4)20-5)15(3)24-14-17-12-11-13-26(21-6,22-7)23-8/h17H,9-14H2,1-8H3. The summed E-state index contributed by atoms with van der Waals surface area (Å²) in [6, 6.07) is 0.812.